The Morgan fingerprint density at radius 1 is 0.170 bits per heavy atom. The molecule has 4 heterocycles. The van der Waals surface area contributed by atoms with Crippen molar-refractivity contribution in [1.82, 2.24) is 0 Å². The first kappa shape index (κ1) is 94.6. The third-order valence-electron chi connectivity index (χ3n) is 32.9. The van der Waals surface area contributed by atoms with Crippen LogP contribution in [-0.2, 0) is 48.7 Å². The van der Waals surface area contributed by atoms with Crippen LogP contribution >= 0.6 is 0 Å². The molecule has 6 heteroatoms. The molecule has 4 aliphatic heterocycles. The van der Waals surface area contributed by atoms with E-state index >= 15 is 0 Å². The summed E-state index contributed by atoms with van der Waals surface area (Å²) in [5.41, 5.74) is 52.9. The van der Waals surface area contributed by atoms with Gasteiger partial charge in [0.05, 0.1) is 16.8 Å². The molecule has 0 saturated heterocycles. The second kappa shape index (κ2) is 33.7. The molecule has 0 amide bonds. The van der Waals surface area contributed by atoms with Crippen LogP contribution in [-0.4, -0.2) is 13.4 Å². The van der Waals surface area contributed by atoms with Gasteiger partial charge in [-0.1, -0.05) is 451 Å². The van der Waals surface area contributed by atoms with Gasteiger partial charge in [-0.25, -0.2) is 0 Å². The standard InChI is InChI=1S/C141H134B2N4/c1-133(2,3)94-68-91(69-95(74-94)134(4,5)6)92-70-126-130-127(71-92)147(132-111(89-52-33-27-34-53-89)83-101(140(22,23)24)84-112(132)90-54-35-28-36-55-90)123-86-122-118(85-119(123)143(130)117-65-44-46-67-121(117)146(126)131-109(87-48-29-25-30-49-87)81-100(139(19,20)21)82-110(131)88-50-31-26-32-51-88)142-116-64-43-45-66-120(116)144(102-77-96(135(7,8)9)75-97(78-102)136(10,11)12)124-72-93(73-125(129(124)142)145(122)103-79-98(137(13,14)15)76-99(80-103)138(16,17)18)104-59-47-60-108-107-58-39-42-63-115(107)141(128(104)108)113-61-40-37-56-105(113)106-57-38-41-62-114(106)141/h25-86H,1-24H3. The van der Waals surface area contributed by atoms with E-state index in [0.717, 1.165) is 113 Å². The fourth-order valence-electron chi connectivity index (χ4n) is 25.0. The summed E-state index contributed by atoms with van der Waals surface area (Å²) in [6.45, 7) is 56.9. The lowest BCUT2D eigenvalue weighted by Crippen LogP contribution is -2.65. The summed E-state index contributed by atoms with van der Waals surface area (Å²) in [7, 11) is 0. The van der Waals surface area contributed by atoms with Gasteiger partial charge in [-0.05, 0) is 301 Å². The zero-order valence-corrected chi connectivity index (χ0v) is 90.2. The van der Waals surface area contributed by atoms with Crippen molar-refractivity contribution >= 4 is 114 Å². The molecule has 18 aromatic carbocycles. The van der Waals surface area contributed by atoms with E-state index in [1.54, 1.807) is 0 Å². The Balaban J connectivity index is 0.910. The van der Waals surface area contributed by atoms with Crippen molar-refractivity contribution in [2.45, 2.75) is 215 Å². The molecule has 0 N–H and O–H groups in total. The van der Waals surface area contributed by atoms with Crippen LogP contribution in [0.4, 0.5) is 68.2 Å². The number of para-hydroxylation sites is 2. The highest BCUT2D eigenvalue weighted by Crippen LogP contribution is 2.66. The van der Waals surface area contributed by atoms with E-state index in [1.165, 1.54) is 144 Å². The van der Waals surface area contributed by atoms with E-state index in [-0.39, 0.29) is 56.7 Å². The minimum atomic E-state index is -0.680. The second-order valence-electron chi connectivity index (χ2n) is 50.9. The van der Waals surface area contributed by atoms with Gasteiger partial charge in [0.1, 0.15) is 0 Å². The van der Waals surface area contributed by atoms with E-state index in [1.807, 2.05) is 0 Å². The molecule has 0 radical (unpaired) electrons. The van der Waals surface area contributed by atoms with Crippen molar-refractivity contribution in [3.05, 3.63) is 443 Å². The molecule has 0 fully saturated rings. The van der Waals surface area contributed by atoms with Gasteiger partial charge in [0.2, 0.25) is 0 Å². The molecule has 0 saturated carbocycles. The summed E-state index contributed by atoms with van der Waals surface area (Å²) < 4.78 is 0. The predicted molar refractivity (Wildman–Crippen MR) is 633 cm³/mol. The maximum absolute atomic E-state index is 2.85. The molecule has 18 aromatic rings. The highest BCUT2D eigenvalue weighted by molar-refractivity contribution is 7.03. The van der Waals surface area contributed by atoms with Crippen molar-refractivity contribution < 1.29 is 0 Å². The third-order valence-corrected chi connectivity index (χ3v) is 32.9. The number of hydrogen-bond acceptors (Lipinski definition) is 4. The second-order valence-corrected chi connectivity index (χ2v) is 50.9. The van der Waals surface area contributed by atoms with E-state index in [0.29, 0.717) is 0 Å². The van der Waals surface area contributed by atoms with Gasteiger partial charge in [-0.15, -0.1) is 0 Å². The first-order chi connectivity index (χ1) is 70.0. The smallest absolute Gasteiger partial charge is 0.252 e. The lowest BCUT2D eigenvalue weighted by molar-refractivity contribution is 0.568. The number of anilines is 12. The van der Waals surface area contributed by atoms with Gasteiger partial charge < -0.3 is 19.6 Å². The summed E-state index contributed by atoms with van der Waals surface area (Å²) in [6.07, 6.45) is 0. The Bertz CT molecular complexity index is 8150. The van der Waals surface area contributed by atoms with Crippen molar-refractivity contribution in [3.8, 4) is 89.0 Å². The Morgan fingerprint density at radius 2 is 0.429 bits per heavy atom. The van der Waals surface area contributed by atoms with E-state index in [9.17, 15) is 0 Å². The number of benzene rings is 18. The van der Waals surface area contributed by atoms with E-state index in [4.69, 9.17) is 0 Å². The van der Waals surface area contributed by atoms with Crippen LogP contribution in [0.25, 0.3) is 89.0 Å². The summed E-state index contributed by atoms with van der Waals surface area (Å²) in [5.74, 6) is 0. The number of hydrogen-bond donors (Lipinski definition) is 0. The molecular formula is C141H134B2N4. The van der Waals surface area contributed by atoms with Gasteiger partial charge >= 0.3 is 0 Å². The Morgan fingerprint density at radius 3 is 0.789 bits per heavy atom. The zero-order chi connectivity index (χ0) is 102. The largest absolute Gasteiger partial charge is 0.311 e. The molecule has 724 valence electrons. The number of nitrogens with zero attached hydrogens (tertiary/aromatic N) is 4. The minimum Gasteiger partial charge on any atom is -0.311 e. The number of rotatable bonds is 10. The van der Waals surface area contributed by atoms with Crippen molar-refractivity contribution in [1.29, 1.82) is 0 Å². The predicted octanol–water partition coefficient (Wildman–Crippen LogP) is 34.6. The Kier molecular flexibility index (Phi) is 21.7. The van der Waals surface area contributed by atoms with Crippen LogP contribution < -0.4 is 52.4 Å². The van der Waals surface area contributed by atoms with Crippen LogP contribution in [0.3, 0.4) is 0 Å². The summed E-state index contributed by atoms with van der Waals surface area (Å²) >= 11 is 0. The first-order valence-electron chi connectivity index (χ1n) is 53.4. The van der Waals surface area contributed by atoms with E-state index < -0.39 is 5.41 Å². The molecule has 0 atom stereocenters. The molecular weight excluding hydrogens is 1770 g/mol. The van der Waals surface area contributed by atoms with E-state index in [2.05, 4.69) is 562 Å². The molecule has 6 aliphatic rings. The highest BCUT2D eigenvalue weighted by atomic mass is 15.2. The molecule has 1 spiro atoms. The third kappa shape index (κ3) is 15.3. The van der Waals surface area contributed by atoms with Crippen molar-refractivity contribution in [2.75, 3.05) is 19.6 Å². The lowest BCUT2D eigenvalue weighted by Gasteiger charge is -2.48. The van der Waals surface area contributed by atoms with Crippen LogP contribution in [0, 0.1) is 0 Å². The van der Waals surface area contributed by atoms with Crippen molar-refractivity contribution in [2.24, 2.45) is 0 Å². The molecule has 4 nitrogen and oxygen atoms in total. The molecule has 147 heavy (non-hydrogen) atoms. The van der Waals surface area contributed by atoms with Gasteiger partial charge in [0, 0.05) is 79.1 Å². The fraction of sp³-hybridized carbons (Fsp3) is 0.234. The van der Waals surface area contributed by atoms with Gasteiger partial charge in [0.15, 0.2) is 0 Å². The Labute approximate surface area is 874 Å². The van der Waals surface area contributed by atoms with Crippen molar-refractivity contribution in [3.63, 3.8) is 0 Å². The fourth-order valence-corrected chi connectivity index (χ4v) is 25.0. The molecule has 24 rings (SSSR count). The summed E-state index contributed by atoms with van der Waals surface area (Å²) in [4.78, 5) is 11.2. The zero-order valence-electron chi connectivity index (χ0n) is 90.2. The molecule has 0 aromatic heterocycles. The topological polar surface area (TPSA) is 13.0 Å². The monoisotopic (exact) mass is 1910 g/mol. The van der Waals surface area contributed by atoms with Crippen LogP contribution in [0.2, 0.25) is 0 Å². The van der Waals surface area contributed by atoms with Crippen LogP contribution in [0.1, 0.15) is 233 Å². The average molecular weight is 1910 g/mol. The molecule has 2 aliphatic carbocycles. The van der Waals surface area contributed by atoms with Gasteiger partial charge in [0.25, 0.3) is 13.4 Å². The first-order valence-corrected chi connectivity index (χ1v) is 53.4. The normalized spacial score (nSPS) is 14.2. The molecule has 0 bridgehead atoms. The van der Waals surface area contributed by atoms with Crippen LogP contribution in [0.15, 0.2) is 376 Å². The minimum absolute atomic E-state index is 0.214. The van der Waals surface area contributed by atoms with Crippen LogP contribution in [0.5, 0.6) is 0 Å². The summed E-state index contributed by atoms with van der Waals surface area (Å²) in [5, 5.41) is 0. The number of fused-ring (bicyclic) bond motifs is 18. The lowest BCUT2D eigenvalue weighted by atomic mass is 9.30. The Hall–Kier alpha value is -14.7. The summed E-state index contributed by atoms with van der Waals surface area (Å²) in [6, 6.07) is 150. The average Bonchev–Trinajstić information content (AvgIpc) is 1.58. The maximum atomic E-state index is 2.85. The SMILES string of the molecule is CC(C)(C)c1cc(-c2cc3c4c(c2)N(c2c(-c5ccccc5)cc(C(C)(C)C)cc2-c2ccccc2)c2cc5c(cc2B4c2ccccc2N3c2c(-c3ccccc3)cc(C(C)(C)C)cc2-c2ccccc2)B2c3ccccc3N(c3cc(C(C)(C)C)cc(C(C)(C)C)c3)c3cc(-c4cccc6c4C4(c7ccccc7-c7ccccc74)c4ccccc4-6)cc(c32)N5c2cc(C(C)(C)C)cc(C(C)(C)C)c2)cc(C(C)(C)C)c1. The highest BCUT2D eigenvalue weighted by Gasteiger charge is 2.55. The van der Waals surface area contributed by atoms with Gasteiger partial charge in [-0.2, -0.15) is 0 Å². The van der Waals surface area contributed by atoms with Gasteiger partial charge in [-0.3, -0.25) is 0 Å². The quantitative estimate of drug-likeness (QED) is 0.127. The molecule has 0 unspecified atom stereocenters. The maximum Gasteiger partial charge on any atom is 0.252 e.